The molecule has 1 amide bonds. The lowest BCUT2D eigenvalue weighted by Gasteiger charge is -2.08. The molecule has 0 aliphatic heterocycles. The van der Waals surface area contributed by atoms with Gasteiger partial charge in [-0.1, -0.05) is 0 Å². The molecule has 1 aromatic heterocycles. The van der Waals surface area contributed by atoms with E-state index in [0.29, 0.717) is 17.3 Å². The summed E-state index contributed by atoms with van der Waals surface area (Å²) in [7, 11) is -0.607. The van der Waals surface area contributed by atoms with E-state index in [4.69, 9.17) is 4.74 Å². The van der Waals surface area contributed by atoms with Gasteiger partial charge in [-0.05, 0) is 48.5 Å². The second kappa shape index (κ2) is 9.14. The Morgan fingerprint density at radius 2 is 1.74 bits per heavy atom. The second-order valence-electron chi connectivity index (χ2n) is 6.72. The largest absolute Gasteiger partial charge is 0.497 e. The number of benzene rings is 2. The van der Waals surface area contributed by atoms with Crippen molar-refractivity contribution in [3.05, 3.63) is 59.0 Å². The van der Waals surface area contributed by atoms with Crippen LogP contribution in [0.4, 0.5) is 5.69 Å². The summed E-state index contributed by atoms with van der Waals surface area (Å²) in [6, 6.07) is 12.9. The van der Waals surface area contributed by atoms with Gasteiger partial charge in [0.05, 0.1) is 18.6 Å². The molecule has 0 unspecified atom stereocenters. The quantitative estimate of drug-likeness (QED) is 0.537. The van der Waals surface area contributed by atoms with Gasteiger partial charge in [0.1, 0.15) is 5.75 Å². The van der Waals surface area contributed by atoms with Crippen molar-refractivity contribution in [1.82, 2.24) is 19.1 Å². The Bertz CT molecular complexity index is 1230. The van der Waals surface area contributed by atoms with Gasteiger partial charge in [0, 0.05) is 31.8 Å². The number of carbonyl (C=O) groups is 1. The van der Waals surface area contributed by atoms with Crippen molar-refractivity contribution >= 4 is 21.6 Å². The molecule has 0 radical (unpaired) electrons. The number of ether oxygens (including phenoxy) is 1. The Hall–Kier alpha value is -3.44. The third-order valence-electron chi connectivity index (χ3n) is 4.49. The third kappa shape index (κ3) is 5.19. The van der Waals surface area contributed by atoms with Crippen LogP contribution >= 0.6 is 0 Å². The summed E-state index contributed by atoms with van der Waals surface area (Å²) < 4.78 is 35.1. The Labute approximate surface area is 179 Å². The van der Waals surface area contributed by atoms with E-state index in [-0.39, 0.29) is 29.6 Å². The van der Waals surface area contributed by atoms with Crippen molar-refractivity contribution in [2.75, 3.05) is 19.0 Å². The number of carbonyl (C=O) groups excluding carboxylic acids is 1. The molecule has 0 saturated carbocycles. The van der Waals surface area contributed by atoms with Gasteiger partial charge >= 0.3 is 5.69 Å². The van der Waals surface area contributed by atoms with Gasteiger partial charge in [0.25, 0.3) is 0 Å². The number of aromatic nitrogens is 3. The van der Waals surface area contributed by atoms with Crippen LogP contribution in [-0.4, -0.2) is 42.3 Å². The summed E-state index contributed by atoms with van der Waals surface area (Å²) in [6.45, 7) is 1.41. The van der Waals surface area contributed by atoms with Crippen LogP contribution in [0.5, 0.6) is 5.75 Å². The van der Waals surface area contributed by atoms with E-state index in [1.165, 1.54) is 40.4 Å². The minimum Gasteiger partial charge on any atom is -0.497 e. The molecular formula is C20H23N5O5S. The van der Waals surface area contributed by atoms with Gasteiger partial charge in [-0.25, -0.2) is 22.6 Å². The normalized spacial score (nSPS) is 11.3. The van der Waals surface area contributed by atoms with Crippen LogP contribution in [0.15, 0.2) is 58.2 Å². The van der Waals surface area contributed by atoms with E-state index >= 15 is 0 Å². The number of nitrogens with one attached hydrogen (secondary N) is 2. The van der Waals surface area contributed by atoms with Crippen molar-refractivity contribution < 1.29 is 17.9 Å². The number of hydrogen-bond acceptors (Lipinski definition) is 6. The van der Waals surface area contributed by atoms with Gasteiger partial charge < -0.3 is 10.1 Å². The average Bonchev–Trinajstić information content (AvgIpc) is 3.02. The lowest BCUT2D eigenvalue weighted by molar-refractivity contribution is -0.114. The summed E-state index contributed by atoms with van der Waals surface area (Å²) >= 11 is 0. The van der Waals surface area contributed by atoms with E-state index in [1.54, 1.807) is 38.4 Å². The predicted octanol–water partition coefficient (Wildman–Crippen LogP) is 1.19. The highest BCUT2D eigenvalue weighted by Gasteiger charge is 2.16. The topological polar surface area (TPSA) is 124 Å². The molecule has 3 aromatic rings. The van der Waals surface area contributed by atoms with Gasteiger partial charge in [-0.15, -0.1) is 5.10 Å². The number of anilines is 1. The van der Waals surface area contributed by atoms with E-state index in [2.05, 4.69) is 15.1 Å². The molecule has 31 heavy (non-hydrogen) atoms. The molecule has 0 aliphatic carbocycles. The first-order valence-electron chi connectivity index (χ1n) is 9.37. The van der Waals surface area contributed by atoms with Crippen LogP contribution in [0.1, 0.15) is 6.92 Å². The first-order valence-corrected chi connectivity index (χ1v) is 10.8. The van der Waals surface area contributed by atoms with Crippen LogP contribution in [0.25, 0.3) is 11.4 Å². The van der Waals surface area contributed by atoms with Crippen molar-refractivity contribution in [2.45, 2.75) is 18.4 Å². The molecule has 0 aliphatic rings. The number of hydrogen-bond donors (Lipinski definition) is 2. The van der Waals surface area contributed by atoms with E-state index in [0.717, 1.165) is 5.56 Å². The standard InChI is InChI=1S/C20H23N5O5S/c1-14(26)22-16-6-10-18(11-7-16)31(28,29)21-12-13-25-20(27)24(2)19(23-25)15-4-8-17(30-3)9-5-15/h4-11,21H,12-13H2,1-3H3,(H,22,26). The molecule has 2 aromatic carbocycles. The summed E-state index contributed by atoms with van der Waals surface area (Å²) in [4.78, 5) is 23.6. The maximum absolute atomic E-state index is 12.5. The molecule has 0 spiro atoms. The summed E-state index contributed by atoms with van der Waals surface area (Å²) in [5.41, 5.74) is 0.876. The zero-order valence-electron chi connectivity index (χ0n) is 17.3. The van der Waals surface area contributed by atoms with Crippen LogP contribution in [0, 0.1) is 0 Å². The smallest absolute Gasteiger partial charge is 0.345 e. The second-order valence-corrected chi connectivity index (χ2v) is 8.49. The fourth-order valence-electron chi connectivity index (χ4n) is 2.91. The number of amides is 1. The SMILES string of the molecule is COc1ccc(-c2nn(CCNS(=O)(=O)c3ccc(NC(C)=O)cc3)c(=O)n2C)cc1. The highest BCUT2D eigenvalue weighted by atomic mass is 32.2. The molecule has 0 bridgehead atoms. The lowest BCUT2D eigenvalue weighted by atomic mass is 10.2. The Morgan fingerprint density at radius 1 is 1.10 bits per heavy atom. The van der Waals surface area contributed by atoms with Crippen LogP contribution in [-0.2, 0) is 28.4 Å². The molecular weight excluding hydrogens is 422 g/mol. The van der Waals surface area contributed by atoms with Gasteiger partial charge in [-0.2, -0.15) is 0 Å². The first kappa shape index (κ1) is 22.2. The number of rotatable bonds is 8. The molecule has 2 N–H and O–H groups in total. The molecule has 164 valence electrons. The maximum Gasteiger partial charge on any atom is 0.345 e. The summed E-state index contributed by atoms with van der Waals surface area (Å²) in [5, 5.41) is 6.89. The fourth-order valence-corrected chi connectivity index (χ4v) is 3.94. The van der Waals surface area contributed by atoms with Crippen LogP contribution in [0.2, 0.25) is 0 Å². The van der Waals surface area contributed by atoms with Gasteiger partial charge in [-0.3, -0.25) is 9.36 Å². The zero-order valence-corrected chi connectivity index (χ0v) is 18.1. The minimum atomic E-state index is -3.78. The minimum absolute atomic E-state index is 0.0191. The lowest BCUT2D eigenvalue weighted by Crippen LogP contribution is -2.31. The summed E-state index contributed by atoms with van der Waals surface area (Å²) in [6.07, 6.45) is 0. The van der Waals surface area contributed by atoms with Crippen LogP contribution < -0.4 is 20.5 Å². The maximum atomic E-state index is 12.5. The van der Waals surface area contributed by atoms with E-state index in [9.17, 15) is 18.0 Å². The molecule has 3 rings (SSSR count). The van der Waals surface area contributed by atoms with Crippen LogP contribution in [0.3, 0.4) is 0 Å². The zero-order chi connectivity index (χ0) is 22.6. The monoisotopic (exact) mass is 445 g/mol. The molecule has 0 fully saturated rings. The third-order valence-corrected chi connectivity index (χ3v) is 5.97. The molecule has 10 nitrogen and oxygen atoms in total. The molecule has 0 atom stereocenters. The van der Waals surface area contributed by atoms with Crippen molar-refractivity contribution in [3.63, 3.8) is 0 Å². The highest BCUT2D eigenvalue weighted by molar-refractivity contribution is 7.89. The Morgan fingerprint density at radius 3 is 2.32 bits per heavy atom. The van der Waals surface area contributed by atoms with Gasteiger partial charge in [0.15, 0.2) is 5.82 Å². The Kier molecular flexibility index (Phi) is 6.56. The van der Waals surface area contributed by atoms with Crippen molar-refractivity contribution in [1.29, 1.82) is 0 Å². The molecule has 1 heterocycles. The highest BCUT2D eigenvalue weighted by Crippen LogP contribution is 2.19. The summed E-state index contributed by atoms with van der Waals surface area (Å²) in [5.74, 6) is 0.903. The van der Waals surface area contributed by atoms with Crippen molar-refractivity contribution in [2.24, 2.45) is 7.05 Å². The number of nitrogens with zero attached hydrogens (tertiary/aromatic N) is 3. The van der Waals surface area contributed by atoms with Crippen molar-refractivity contribution in [3.8, 4) is 17.1 Å². The number of methoxy groups -OCH3 is 1. The van der Waals surface area contributed by atoms with Gasteiger partial charge in [0.2, 0.25) is 15.9 Å². The molecule has 0 saturated heterocycles. The van der Waals surface area contributed by atoms with E-state index in [1.807, 2.05) is 0 Å². The number of sulfonamides is 1. The molecule has 11 heteroatoms. The van der Waals surface area contributed by atoms with E-state index < -0.39 is 10.0 Å². The fraction of sp³-hybridized carbons (Fsp3) is 0.250. The average molecular weight is 446 g/mol. The first-order chi connectivity index (χ1) is 14.7. The predicted molar refractivity (Wildman–Crippen MR) is 115 cm³/mol. The Balaban J connectivity index is 1.68.